The van der Waals surface area contributed by atoms with Crippen molar-refractivity contribution in [1.82, 2.24) is 0 Å². The Morgan fingerprint density at radius 1 is 1.43 bits per heavy atom. The number of rotatable bonds is 3. The molecule has 0 atom stereocenters. The Morgan fingerprint density at radius 3 is 2.57 bits per heavy atom. The molecule has 0 heterocycles. The Kier molecular flexibility index (Phi) is 3.35. The Morgan fingerprint density at radius 2 is 2.07 bits per heavy atom. The summed E-state index contributed by atoms with van der Waals surface area (Å²) in [5.74, 6) is -1.31. The number of ether oxygens (including phenoxy) is 1. The van der Waals surface area contributed by atoms with E-state index in [4.69, 9.17) is 11.6 Å². The summed E-state index contributed by atoms with van der Waals surface area (Å²) in [5, 5.41) is -0.383. The monoisotopic (exact) mass is 224 g/mol. The largest absolute Gasteiger partial charge is 0.434 e. The third kappa shape index (κ3) is 2.38. The van der Waals surface area contributed by atoms with Crippen LogP contribution in [0, 0.1) is 5.82 Å². The van der Waals surface area contributed by atoms with E-state index in [1.54, 1.807) is 0 Å². The summed E-state index contributed by atoms with van der Waals surface area (Å²) in [6.45, 7) is -3.09. The molecule has 2 nitrogen and oxygen atoms in total. The van der Waals surface area contributed by atoms with E-state index in [0.29, 0.717) is 0 Å². The number of alkyl halides is 2. The predicted molar refractivity (Wildman–Crippen MR) is 43.4 cm³/mol. The van der Waals surface area contributed by atoms with Crippen molar-refractivity contribution in [2.24, 2.45) is 0 Å². The summed E-state index contributed by atoms with van der Waals surface area (Å²) in [5.41, 5.74) is -0.313. The van der Waals surface area contributed by atoms with Crippen LogP contribution in [0.3, 0.4) is 0 Å². The third-order valence-electron chi connectivity index (χ3n) is 1.40. The van der Waals surface area contributed by atoms with Crippen molar-refractivity contribution in [3.05, 3.63) is 28.5 Å². The lowest BCUT2D eigenvalue weighted by Crippen LogP contribution is -2.04. The number of carbonyl (C=O) groups is 1. The average Bonchev–Trinajstić information content (AvgIpc) is 2.10. The van der Waals surface area contributed by atoms with Crippen LogP contribution in [0.4, 0.5) is 13.2 Å². The van der Waals surface area contributed by atoms with Crippen molar-refractivity contribution in [3.8, 4) is 5.75 Å². The van der Waals surface area contributed by atoms with Gasteiger partial charge in [-0.3, -0.25) is 4.79 Å². The average molecular weight is 225 g/mol. The number of aldehydes is 1. The normalized spacial score (nSPS) is 10.4. The molecule has 6 heteroatoms. The molecule has 0 unspecified atom stereocenters. The van der Waals surface area contributed by atoms with Crippen LogP contribution in [0.1, 0.15) is 10.4 Å². The van der Waals surface area contributed by atoms with Crippen LogP contribution in [-0.2, 0) is 0 Å². The van der Waals surface area contributed by atoms with Gasteiger partial charge in [-0.25, -0.2) is 4.39 Å². The van der Waals surface area contributed by atoms with Crippen molar-refractivity contribution in [3.63, 3.8) is 0 Å². The number of hydrogen-bond donors (Lipinski definition) is 0. The van der Waals surface area contributed by atoms with Crippen LogP contribution in [0.5, 0.6) is 5.75 Å². The molecule has 0 amide bonds. The summed E-state index contributed by atoms with van der Waals surface area (Å²) < 4.78 is 40.3. The molecule has 0 aliphatic carbocycles. The molecule has 0 bridgehead atoms. The molecule has 0 aliphatic heterocycles. The van der Waals surface area contributed by atoms with Gasteiger partial charge in [-0.1, -0.05) is 11.6 Å². The van der Waals surface area contributed by atoms with Crippen LogP contribution in [-0.4, -0.2) is 12.9 Å². The SMILES string of the molecule is O=Cc1cc(F)c(Cl)cc1OC(F)F. The first-order valence-corrected chi connectivity index (χ1v) is 3.81. The van der Waals surface area contributed by atoms with Crippen LogP contribution < -0.4 is 4.74 Å². The molecule has 0 spiro atoms. The summed E-state index contributed by atoms with van der Waals surface area (Å²) in [6.07, 6.45) is 0.205. The Labute approximate surface area is 82.2 Å². The van der Waals surface area contributed by atoms with Gasteiger partial charge < -0.3 is 4.74 Å². The lowest BCUT2D eigenvalue weighted by atomic mass is 10.2. The van der Waals surface area contributed by atoms with E-state index in [-0.39, 0.29) is 16.9 Å². The zero-order chi connectivity index (χ0) is 10.7. The van der Waals surface area contributed by atoms with E-state index in [9.17, 15) is 18.0 Å². The summed E-state index contributed by atoms with van der Waals surface area (Å²) >= 11 is 5.31. The molecule has 0 aromatic heterocycles. The molecule has 0 saturated heterocycles. The van der Waals surface area contributed by atoms with Crippen molar-refractivity contribution < 1.29 is 22.7 Å². The summed E-state index contributed by atoms with van der Waals surface area (Å²) in [4.78, 5) is 10.3. The number of halogens is 4. The lowest BCUT2D eigenvalue weighted by Gasteiger charge is -2.07. The lowest BCUT2D eigenvalue weighted by molar-refractivity contribution is -0.0501. The maximum absolute atomic E-state index is 12.7. The van der Waals surface area contributed by atoms with Gasteiger partial charge in [0.05, 0.1) is 10.6 Å². The number of benzene rings is 1. The summed E-state index contributed by atoms with van der Waals surface area (Å²) in [6, 6.07) is 1.56. The maximum atomic E-state index is 12.7. The van der Waals surface area contributed by atoms with E-state index < -0.39 is 18.2 Å². The van der Waals surface area contributed by atoms with E-state index in [2.05, 4.69) is 4.74 Å². The van der Waals surface area contributed by atoms with Crippen molar-refractivity contribution in [1.29, 1.82) is 0 Å². The first-order valence-electron chi connectivity index (χ1n) is 3.43. The second-order valence-corrected chi connectivity index (χ2v) is 2.71. The Balaban J connectivity index is 3.13. The second-order valence-electron chi connectivity index (χ2n) is 2.30. The zero-order valence-electron chi connectivity index (χ0n) is 6.64. The predicted octanol–water partition coefficient (Wildman–Crippen LogP) is 2.89. The highest BCUT2D eigenvalue weighted by molar-refractivity contribution is 6.31. The van der Waals surface area contributed by atoms with Gasteiger partial charge >= 0.3 is 6.61 Å². The van der Waals surface area contributed by atoms with Gasteiger partial charge in [-0.15, -0.1) is 0 Å². The van der Waals surface area contributed by atoms with E-state index in [1.807, 2.05) is 0 Å². The fourth-order valence-electron chi connectivity index (χ4n) is 0.834. The fraction of sp³-hybridized carbons (Fsp3) is 0.125. The minimum absolute atomic E-state index is 0.205. The van der Waals surface area contributed by atoms with Crippen molar-refractivity contribution in [2.75, 3.05) is 0 Å². The third-order valence-corrected chi connectivity index (χ3v) is 1.69. The van der Waals surface area contributed by atoms with Gasteiger partial charge in [0.2, 0.25) is 0 Å². The molecule has 0 saturated carbocycles. The minimum atomic E-state index is -3.09. The van der Waals surface area contributed by atoms with E-state index in [1.165, 1.54) is 0 Å². The van der Waals surface area contributed by atoms with Gasteiger partial charge in [0.1, 0.15) is 11.6 Å². The standard InChI is InChI=1S/C8H4ClF3O2/c9-5-2-7(14-8(11)12)4(3-13)1-6(5)10/h1-3,8H. The van der Waals surface area contributed by atoms with Crippen LogP contribution >= 0.6 is 11.6 Å². The Bertz CT molecular complexity index is 355. The number of hydrogen-bond acceptors (Lipinski definition) is 2. The number of carbonyl (C=O) groups excluding carboxylic acids is 1. The van der Waals surface area contributed by atoms with Crippen molar-refractivity contribution in [2.45, 2.75) is 6.61 Å². The van der Waals surface area contributed by atoms with Gasteiger partial charge in [0.25, 0.3) is 0 Å². The van der Waals surface area contributed by atoms with Gasteiger partial charge in [0.15, 0.2) is 6.29 Å². The molecule has 0 N–H and O–H groups in total. The molecule has 1 aromatic rings. The first-order chi connectivity index (χ1) is 6.54. The highest BCUT2D eigenvalue weighted by atomic mass is 35.5. The van der Waals surface area contributed by atoms with Crippen molar-refractivity contribution >= 4 is 17.9 Å². The summed E-state index contributed by atoms with van der Waals surface area (Å²) in [7, 11) is 0. The first kappa shape index (κ1) is 10.8. The van der Waals surface area contributed by atoms with Crippen LogP contribution in [0.25, 0.3) is 0 Å². The Hall–Kier alpha value is -1.23. The molecule has 1 aromatic carbocycles. The van der Waals surface area contributed by atoms with Gasteiger partial charge in [-0.2, -0.15) is 8.78 Å². The highest BCUT2D eigenvalue weighted by Gasteiger charge is 2.12. The highest BCUT2D eigenvalue weighted by Crippen LogP contribution is 2.26. The smallest absolute Gasteiger partial charge is 0.387 e. The van der Waals surface area contributed by atoms with E-state index in [0.717, 1.165) is 12.1 Å². The second kappa shape index (κ2) is 4.32. The molecule has 14 heavy (non-hydrogen) atoms. The fourth-order valence-corrected chi connectivity index (χ4v) is 0.988. The van der Waals surface area contributed by atoms with E-state index >= 15 is 0 Å². The molecule has 76 valence electrons. The van der Waals surface area contributed by atoms with Gasteiger partial charge in [0, 0.05) is 6.07 Å². The quantitative estimate of drug-likeness (QED) is 0.738. The molecular formula is C8H4ClF3O2. The minimum Gasteiger partial charge on any atom is -0.434 e. The molecule has 0 fully saturated rings. The van der Waals surface area contributed by atoms with Gasteiger partial charge in [-0.05, 0) is 6.07 Å². The maximum Gasteiger partial charge on any atom is 0.387 e. The molecule has 1 rings (SSSR count). The molecular weight excluding hydrogens is 221 g/mol. The topological polar surface area (TPSA) is 26.3 Å². The van der Waals surface area contributed by atoms with Crippen LogP contribution in [0.15, 0.2) is 12.1 Å². The molecule has 0 aliphatic rings. The van der Waals surface area contributed by atoms with Crippen LogP contribution in [0.2, 0.25) is 5.02 Å². The zero-order valence-corrected chi connectivity index (χ0v) is 7.39. The molecule has 0 radical (unpaired) electrons.